The third kappa shape index (κ3) is 7.61. The van der Waals surface area contributed by atoms with E-state index in [1.54, 1.807) is 0 Å². The average molecular weight is 516 g/mol. The van der Waals surface area contributed by atoms with Gasteiger partial charge in [-0.1, -0.05) is 12.1 Å². The van der Waals surface area contributed by atoms with Gasteiger partial charge >= 0.3 is 0 Å². The lowest BCUT2D eigenvalue weighted by Crippen LogP contribution is -2.45. The first-order valence-electron chi connectivity index (χ1n) is 10.6. The molecule has 0 bridgehead atoms. The van der Waals surface area contributed by atoms with Gasteiger partial charge in [0.15, 0.2) is 5.96 Å². The highest BCUT2D eigenvalue weighted by molar-refractivity contribution is 14.0. The second kappa shape index (κ2) is 12.0. The van der Waals surface area contributed by atoms with Crippen molar-refractivity contribution >= 4 is 29.9 Å². The van der Waals surface area contributed by atoms with Gasteiger partial charge < -0.3 is 20.1 Å². The molecule has 1 aromatic carbocycles. The quantitative estimate of drug-likeness (QED) is 0.300. The number of nitrogens with zero attached hydrogens (tertiary/aromatic N) is 2. The molecule has 2 atom stereocenters. The predicted molar refractivity (Wildman–Crippen MR) is 130 cm³/mol. The molecule has 6 nitrogen and oxygen atoms in total. The summed E-state index contributed by atoms with van der Waals surface area (Å²) in [6.07, 6.45) is 5.10. The average Bonchev–Trinajstić information content (AvgIpc) is 3.42. The highest BCUT2D eigenvalue weighted by Crippen LogP contribution is 2.26. The van der Waals surface area contributed by atoms with Crippen LogP contribution in [-0.2, 0) is 11.3 Å². The number of nitrogens with one attached hydrogen (secondary N) is 2. The molecule has 2 aliphatic rings. The molecule has 0 amide bonds. The van der Waals surface area contributed by atoms with Crippen LogP contribution in [0.1, 0.15) is 43.7 Å². The Morgan fingerprint density at radius 1 is 1.31 bits per heavy atom. The van der Waals surface area contributed by atoms with Gasteiger partial charge in [0.2, 0.25) is 0 Å². The Balaban J connectivity index is 0.00000300. The standard InChI is InChI=1S/C22H36N4O2.HI/c1-16-7-8-18(21(12-16)28-15-20-6-5-11-27-20)14-25-22(23-3)24-13-17(2)26(4)19-9-10-19;/h7-8,12,17,19-20H,5-6,9-11,13-15H2,1-4H3,(H2,23,24,25);1H. The summed E-state index contributed by atoms with van der Waals surface area (Å²) < 4.78 is 11.8. The van der Waals surface area contributed by atoms with E-state index in [1.807, 2.05) is 7.05 Å². The van der Waals surface area contributed by atoms with Gasteiger partial charge in [-0.25, -0.2) is 0 Å². The molecular weight excluding hydrogens is 479 g/mol. The van der Waals surface area contributed by atoms with Gasteiger partial charge in [0.1, 0.15) is 12.4 Å². The normalized spacial score (nSPS) is 20.3. The maximum absolute atomic E-state index is 6.10. The number of halogens is 1. The van der Waals surface area contributed by atoms with Gasteiger partial charge in [-0.05, 0) is 58.2 Å². The smallest absolute Gasteiger partial charge is 0.191 e. The summed E-state index contributed by atoms with van der Waals surface area (Å²) in [6.45, 7) is 7.38. The highest BCUT2D eigenvalue weighted by Gasteiger charge is 2.29. The van der Waals surface area contributed by atoms with E-state index in [0.29, 0.717) is 19.2 Å². The maximum atomic E-state index is 6.10. The summed E-state index contributed by atoms with van der Waals surface area (Å²) >= 11 is 0. The number of hydrogen-bond donors (Lipinski definition) is 2. The lowest BCUT2D eigenvalue weighted by Gasteiger charge is -2.25. The maximum Gasteiger partial charge on any atom is 0.191 e. The summed E-state index contributed by atoms with van der Waals surface area (Å²) in [5, 5.41) is 6.87. The fraction of sp³-hybridized carbons (Fsp3) is 0.682. The Labute approximate surface area is 192 Å². The molecule has 1 aliphatic carbocycles. The van der Waals surface area contributed by atoms with Crippen LogP contribution in [0.3, 0.4) is 0 Å². The lowest BCUT2D eigenvalue weighted by molar-refractivity contribution is 0.0676. The molecule has 29 heavy (non-hydrogen) atoms. The first-order valence-corrected chi connectivity index (χ1v) is 10.6. The summed E-state index contributed by atoms with van der Waals surface area (Å²) in [7, 11) is 4.03. The van der Waals surface area contributed by atoms with Crippen LogP contribution in [0.15, 0.2) is 23.2 Å². The molecule has 2 unspecified atom stereocenters. The fourth-order valence-corrected chi connectivity index (χ4v) is 3.53. The van der Waals surface area contributed by atoms with Gasteiger partial charge in [-0.3, -0.25) is 9.89 Å². The molecule has 2 fully saturated rings. The van der Waals surface area contributed by atoms with E-state index in [9.17, 15) is 0 Å². The zero-order valence-corrected chi connectivity index (χ0v) is 20.6. The monoisotopic (exact) mass is 516 g/mol. The summed E-state index contributed by atoms with van der Waals surface area (Å²) in [6, 6.07) is 7.61. The van der Waals surface area contributed by atoms with Crippen LogP contribution >= 0.6 is 24.0 Å². The predicted octanol–water partition coefficient (Wildman–Crippen LogP) is 3.32. The second-order valence-electron chi connectivity index (χ2n) is 8.11. The lowest BCUT2D eigenvalue weighted by atomic mass is 10.1. The number of rotatable bonds is 9. The molecule has 1 aromatic rings. The fourth-order valence-electron chi connectivity index (χ4n) is 3.53. The Morgan fingerprint density at radius 2 is 2.10 bits per heavy atom. The first kappa shape index (κ1) is 24.2. The van der Waals surface area contributed by atoms with Crippen molar-refractivity contribution in [1.29, 1.82) is 0 Å². The number of likely N-dealkylation sites (N-methyl/N-ethyl adjacent to an activating group) is 1. The van der Waals surface area contributed by atoms with Crippen LogP contribution in [0.2, 0.25) is 0 Å². The summed E-state index contributed by atoms with van der Waals surface area (Å²) in [4.78, 5) is 6.82. The summed E-state index contributed by atoms with van der Waals surface area (Å²) in [5.41, 5.74) is 2.33. The van der Waals surface area contributed by atoms with Gasteiger partial charge in [0, 0.05) is 44.4 Å². The Bertz CT molecular complexity index is 660. The SMILES string of the molecule is CN=C(NCc1ccc(C)cc1OCC1CCCO1)NCC(C)N(C)C1CC1.I. The third-order valence-corrected chi connectivity index (χ3v) is 5.72. The van der Waals surface area contributed by atoms with Crippen LogP contribution < -0.4 is 15.4 Å². The van der Waals surface area contributed by atoms with Crippen molar-refractivity contribution in [2.24, 2.45) is 4.99 Å². The van der Waals surface area contributed by atoms with E-state index < -0.39 is 0 Å². The van der Waals surface area contributed by atoms with Crippen molar-refractivity contribution < 1.29 is 9.47 Å². The number of guanidine groups is 1. The van der Waals surface area contributed by atoms with Crippen molar-refractivity contribution in [1.82, 2.24) is 15.5 Å². The van der Waals surface area contributed by atoms with E-state index in [-0.39, 0.29) is 30.1 Å². The molecule has 0 aromatic heterocycles. The molecule has 2 N–H and O–H groups in total. The van der Waals surface area contributed by atoms with Gasteiger partial charge in [-0.15, -0.1) is 24.0 Å². The minimum absolute atomic E-state index is 0. The van der Waals surface area contributed by atoms with Crippen LogP contribution in [0.5, 0.6) is 5.75 Å². The second-order valence-corrected chi connectivity index (χ2v) is 8.11. The molecule has 1 saturated carbocycles. The van der Waals surface area contributed by atoms with Crippen LogP contribution in [-0.4, -0.2) is 62.9 Å². The van der Waals surface area contributed by atoms with Crippen molar-refractivity contribution in [3.63, 3.8) is 0 Å². The van der Waals surface area contributed by atoms with E-state index in [2.05, 4.69) is 59.6 Å². The molecule has 3 rings (SSSR count). The van der Waals surface area contributed by atoms with Crippen molar-refractivity contribution in [3.05, 3.63) is 29.3 Å². The Hall–Kier alpha value is -1.06. The molecular formula is C22H37IN4O2. The number of benzene rings is 1. The van der Waals surface area contributed by atoms with E-state index in [1.165, 1.54) is 18.4 Å². The van der Waals surface area contributed by atoms with E-state index in [4.69, 9.17) is 9.47 Å². The molecule has 0 radical (unpaired) electrons. The van der Waals surface area contributed by atoms with Crippen molar-refractivity contribution in [3.8, 4) is 5.75 Å². The number of ether oxygens (including phenoxy) is 2. The number of aliphatic imine (C=N–C) groups is 1. The first-order chi connectivity index (χ1) is 13.6. The Kier molecular flexibility index (Phi) is 9.98. The minimum Gasteiger partial charge on any atom is -0.491 e. The largest absolute Gasteiger partial charge is 0.491 e. The molecule has 0 spiro atoms. The molecule has 7 heteroatoms. The molecule has 164 valence electrons. The molecule has 1 saturated heterocycles. The van der Waals surface area contributed by atoms with Crippen molar-refractivity contribution in [2.75, 3.05) is 33.9 Å². The van der Waals surface area contributed by atoms with Crippen LogP contribution in [0.25, 0.3) is 0 Å². The third-order valence-electron chi connectivity index (χ3n) is 5.72. The Morgan fingerprint density at radius 3 is 2.76 bits per heavy atom. The van der Waals surface area contributed by atoms with Gasteiger partial charge in [0.05, 0.1) is 6.10 Å². The van der Waals surface area contributed by atoms with Gasteiger partial charge in [-0.2, -0.15) is 0 Å². The molecule has 1 aliphatic heterocycles. The number of hydrogen-bond acceptors (Lipinski definition) is 4. The zero-order chi connectivity index (χ0) is 19.9. The highest BCUT2D eigenvalue weighted by atomic mass is 127. The topological polar surface area (TPSA) is 58.1 Å². The zero-order valence-electron chi connectivity index (χ0n) is 18.2. The molecule has 1 heterocycles. The van der Waals surface area contributed by atoms with Crippen LogP contribution in [0.4, 0.5) is 0 Å². The van der Waals surface area contributed by atoms with Crippen molar-refractivity contribution in [2.45, 2.75) is 64.3 Å². The minimum atomic E-state index is 0. The van der Waals surface area contributed by atoms with Crippen LogP contribution in [0, 0.1) is 6.92 Å². The van der Waals surface area contributed by atoms with Gasteiger partial charge in [0.25, 0.3) is 0 Å². The van der Waals surface area contributed by atoms with E-state index in [0.717, 1.165) is 49.3 Å². The summed E-state index contributed by atoms with van der Waals surface area (Å²) in [5.74, 6) is 1.75. The number of aryl methyl sites for hydroxylation is 1. The van der Waals surface area contributed by atoms with E-state index >= 15 is 0 Å².